The van der Waals surface area contributed by atoms with E-state index in [1.807, 2.05) is 32.9 Å². The largest absolute Gasteiger partial charge is 0.321 e. The van der Waals surface area contributed by atoms with Gasteiger partial charge in [0.25, 0.3) is 5.91 Å². The van der Waals surface area contributed by atoms with Crippen LogP contribution in [-0.4, -0.2) is 20.6 Å². The fraction of sp³-hybridized carbons (Fsp3) is 0.278. The SMILES string of the molecule is Cc1cc(C)c(NC(=O)c2cccc(NS(C)(=O)=O)c2C)c(C)c1. The van der Waals surface area contributed by atoms with E-state index in [-0.39, 0.29) is 5.91 Å². The van der Waals surface area contributed by atoms with Crippen LogP contribution in [-0.2, 0) is 10.0 Å². The van der Waals surface area contributed by atoms with E-state index in [2.05, 4.69) is 10.0 Å². The van der Waals surface area contributed by atoms with Crippen molar-refractivity contribution in [3.8, 4) is 0 Å². The van der Waals surface area contributed by atoms with Gasteiger partial charge >= 0.3 is 0 Å². The van der Waals surface area contributed by atoms with Gasteiger partial charge in [-0.2, -0.15) is 0 Å². The minimum atomic E-state index is -3.40. The molecule has 0 heterocycles. The van der Waals surface area contributed by atoms with Gasteiger partial charge < -0.3 is 5.32 Å². The number of hydrogen-bond acceptors (Lipinski definition) is 3. The summed E-state index contributed by atoms with van der Waals surface area (Å²) in [5.41, 5.74) is 5.33. The van der Waals surface area contributed by atoms with Crippen LogP contribution in [0.4, 0.5) is 11.4 Å². The molecular weight excluding hydrogens is 324 g/mol. The third-order valence-corrected chi connectivity index (χ3v) is 4.38. The molecule has 24 heavy (non-hydrogen) atoms. The van der Waals surface area contributed by atoms with Crippen LogP contribution in [0.15, 0.2) is 30.3 Å². The van der Waals surface area contributed by atoms with Gasteiger partial charge in [-0.3, -0.25) is 9.52 Å². The van der Waals surface area contributed by atoms with Crippen molar-refractivity contribution in [2.45, 2.75) is 27.7 Å². The Hall–Kier alpha value is -2.34. The maximum absolute atomic E-state index is 12.7. The highest BCUT2D eigenvalue weighted by molar-refractivity contribution is 7.92. The van der Waals surface area contributed by atoms with Crippen LogP contribution in [0.2, 0.25) is 0 Å². The highest BCUT2D eigenvalue weighted by Crippen LogP contribution is 2.25. The van der Waals surface area contributed by atoms with E-state index in [0.717, 1.165) is 28.6 Å². The molecular formula is C18H22N2O3S. The molecule has 0 aliphatic heterocycles. The Morgan fingerprint density at radius 3 is 2.12 bits per heavy atom. The molecule has 0 unspecified atom stereocenters. The minimum Gasteiger partial charge on any atom is -0.321 e. The molecule has 6 heteroatoms. The number of anilines is 2. The van der Waals surface area contributed by atoms with E-state index in [9.17, 15) is 13.2 Å². The van der Waals surface area contributed by atoms with Gasteiger partial charge in [0.15, 0.2) is 0 Å². The Morgan fingerprint density at radius 2 is 1.58 bits per heavy atom. The summed E-state index contributed by atoms with van der Waals surface area (Å²) in [7, 11) is -3.40. The molecule has 2 N–H and O–H groups in total. The van der Waals surface area contributed by atoms with Crippen molar-refractivity contribution >= 4 is 27.3 Å². The molecule has 0 atom stereocenters. The molecule has 0 aliphatic carbocycles. The Bertz CT molecular complexity index is 879. The summed E-state index contributed by atoms with van der Waals surface area (Å²) >= 11 is 0. The number of hydrogen-bond donors (Lipinski definition) is 2. The zero-order valence-corrected chi connectivity index (χ0v) is 15.3. The summed E-state index contributed by atoms with van der Waals surface area (Å²) < 4.78 is 25.3. The molecule has 0 saturated heterocycles. The first-order valence-corrected chi connectivity index (χ1v) is 9.44. The first-order valence-electron chi connectivity index (χ1n) is 7.55. The molecule has 0 saturated carbocycles. The number of nitrogens with one attached hydrogen (secondary N) is 2. The van der Waals surface area contributed by atoms with E-state index >= 15 is 0 Å². The van der Waals surface area contributed by atoms with E-state index < -0.39 is 10.0 Å². The van der Waals surface area contributed by atoms with Crippen LogP contribution in [0, 0.1) is 27.7 Å². The molecule has 0 aliphatic rings. The zero-order chi connectivity index (χ0) is 18.1. The first-order chi connectivity index (χ1) is 11.1. The first kappa shape index (κ1) is 18.0. The number of amides is 1. The normalized spacial score (nSPS) is 11.2. The summed E-state index contributed by atoms with van der Waals surface area (Å²) in [6.07, 6.45) is 1.08. The van der Waals surface area contributed by atoms with Crippen LogP contribution in [0.5, 0.6) is 0 Å². The quantitative estimate of drug-likeness (QED) is 0.889. The van der Waals surface area contributed by atoms with Gasteiger partial charge in [0.05, 0.1) is 11.9 Å². The monoisotopic (exact) mass is 346 g/mol. The molecule has 2 aromatic rings. The summed E-state index contributed by atoms with van der Waals surface area (Å²) in [6.45, 7) is 7.63. The number of carbonyl (C=O) groups excluding carboxylic acids is 1. The summed E-state index contributed by atoms with van der Waals surface area (Å²) in [4.78, 5) is 12.7. The molecule has 0 bridgehead atoms. The second kappa shape index (κ2) is 6.65. The maximum atomic E-state index is 12.7. The summed E-state index contributed by atoms with van der Waals surface area (Å²) in [5, 5.41) is 2.94. The Labute approximate surface area is 143 Å². The van der Waals surface area contributed by atoms with Crippen molar-refractivity contribution < 1.29 is 13.2 Å². The number of benzene rings is 2. The molecule has 0 aromatic heterocycles. The third-order valence-electron chi connectivity index (χ3n) is 3.79. The van der Waals surface area contributed by atoms with Crippen molar-refractivity contribution in [3.05, 3.63) is 58.1 Å². The molecule has 0 spiro atoms. The topological polar surface area (TPSA) is 75.3 Å². The molecule has 128 valence electrons. The van der Waals surface area contributed by atoms with E-state index in [0.29, 0.717) is 16.8 Å². The van der Waals surface area contributed by atoms with Crippen molar-refractivity contribution in [3.63, 3.8) is 0 Å². The van der Waals surface area contributed by atoms with Gasteiger partial charge in [-0.25, -0.2) is 8.42 Å². The molecule has 0 radical (unpaired) electrons. The third kappa shape index (κ3) is 4.14. The van der Waals surface area contributed by atoms with Crippen LogP contribution in [0.25, 0.3) is 0 Å². The predicted molar refractivity (Wildman–Crippen MR) is 98.3 cm³/mol. The van der Waals surface area contributed by atoms with Crippen LogP contribution < -0.4 is 10.0 Å². The maximum Gasteiger partial charge on any atom is 0.256 e. The Balaban J connectivity index is 2.36. The fourth-order valence-electron chi connectivity index (χ4n) is 2.75. The van der Waals surface area contributed by atoms with Crippen molar-refractivity contribution in [1.29, 1.82) is 0 Å². The second-order valence-corrected chi connectivity index (χ2v) is 7.83. The van der Waals surface area contributed by atoms with Crippen molar-refractivity contribution in [1.82, 2.24) is 0 Å². The lowest BCUT2D eigenvalue weighted by molar-refractivity contribution is 0.102. The van der Waals surface area contributed by atoms with Gasteiger partial charge in [0, 0.05) is 11.3 Å². The van der Waals surface area contributed by atoms with Crippen molar-refractivity contribution in [2.24, 2.45) is 0 Å². The minimum absolute atomic E-state index is 0.264. The van der Waals surface area contributed by atoms with E-state index in [1.165, 1.54) is 0 Å². The van der Waals surface area contributed by atoms with Crippen LogP contribution >= 0.6 is 0 Å². The number of aryl methyl sites for hydroxylation is 3. The fourth-order valence-corrected chi connectivity index (χ4v) is 3.37. The summed E-state index contributed by atoms with van der Waals surface area (Å²) in [5.74, 6) is -0.264. The highest BCUT2D eigenvalue weighted by Gasteiger charge is 2.15. The smallest absolute Gasteiger partial charge is 0.256 e. The van der Waals surface area contributed by atoms with Crippen LogP contribution in [0.3, 0.4) is 0 Å². The average Bonchev–Trinajstić information content (AvgIpc) is 2.43. The van der Waals surface area contributed by atoms with Gasteiger partial charge in [-0.1, -0.05) is 23.8 Å². The summed E-state index contributed by atoms with van der Waals surface area (Å²) in [6, 6.07) is 8.99. The van der Waals surface area contributed by atoms with Gasteiger partial charge in [-0.05, 0) is 56.5 Å². The molecule has 2 aromatic carbocycles. The standard InChI is InChI=1S/C18H22N2O3S/c1-11-9-12(2)17(13(3)10-11)19-18(21)15-7-6-8-16(14(15)4)20-24(5,22)23/h6-10,20H,1-5H3,(H,19,21). The number of sulfonamides is 1. The molecule has 2 rings (SSSR count). The molecule has 1 amide bonds. The van der Waals surface area contributed by atoms with Crippen molar-refractivity contribution in [2.75, 3.05) is 16.3 Å². The number of rotatable bonds is 4. The van der Waals surface area contributed by atoms with Crippen LogP contribution in [0.1, 0.15) is 32.6 Å². The van der Waals surface area contributed by atoms with E-state index in [1.54, 1.807) is 25.1 Å². The Morgan fingerprint density at radius 1 is 1.00 bits per heavy atom. The Kier molecular flexibility index (Phi) is 4.99. The molecule has 0 fully saturated rings. The van der Waals surface area contributed by atoms with E-state index in [4.69, 9.17) is 0 Å². The predicted octanol–water partition coefficient (Wildman–Crippen LogP) is 3.54. The number of carbonyl (C=O) groups is 1. The van der Waals surface area contributed by atoms with Gasteiger partial charge in [-0.15, -0.1) is 0 Å². The van der Waals surface area contributed by atoms with Gasteiger partial charge in [0.2, 0.25) is 10.0 Å². The highest BCUT2D eigenvalue weighted by atomic mass is 32.2. The zero-order valence-electron chi connectivity index (χ0n) is 14.5. The lowest BCUT2D eigenvalue weighted by Gasteiger charge is -2.15. The lowest BCUT2D eigenvalue weighted by atomic mass is 10.0. The lowest BCUT2D eigenvalue weighted by Crippen LogP contribution is -2.17. The molecule has 5 nitrogen and oxygen atoms in total. The van der Waals surface area contributed by atoms with Gasteiger partial charge in [0.1, 0.15) is 0 Å². The second-order valence-electron chi connectivity index (χ2n) is 6.08. The average molecular weight is 346 g/mol.